The molecule has 0 radical (unpaired) electrons. The molecular weight excluding hydrogens is 463 g/mol. The Morgan fingerprint density at radius 1 is 0.731 bits per heavy atom. The minimum Gasteiger partial charge on any atom is -0.322 e. The van der Waals surface area contributed by atoms with E-state index in [4.69, 9.17) is 11.6 Å². The first-order valence-electron chi connectivity index (χ1n) is 7.75. The van der Waals surface area contributed by atoms with E-state index in [0.717, 1.165) is 3.57 Å². The zero-order valence-electron chi connectivity index (χ0n) is 13.5. The van der Waals surface area contributed by atoms with Gasteiger partial charge in [-0.3, -0.25) is 9.59 Å². The number of rotatable bonds is 4. The van der Waals surface area contributed by atoms with E-state index in [0.29, 0.717) is 27.5 Å². The summed E-state index contributed by atoms with van der Waals surface area (Å²) in [6.07, 6.45) is 0. The maximum absolute atomic E-state index is 12.3. The standard InChI is InChI=1S/C20H14ClIN2O2/c21-15-6-1-4-13(10-15)19(25)23-17-8-3-9-18(12-17)24-20(26)14-5-2-7-16(22)11-14/h1-12H,(H,23,25)(H,24,26). The largest absolute Gasteiger partial charge is 0.322 e. The van der Waals surface area contributed by atoms with Gasteiger partial charge in [0.1, 0.15) is 0 Å². The molecule has 4 nitrogen and oxygen atoms in total. The molecule has 0 saturated heterocycles. The third-order valence-corrected chi connectivity index (χ3v) is 4.46. The second kappa shape index (κ2) is 8.33. The van der Waals surface area contributed by atoms with Crippen LogP contribution in [0.25, 0.3) is 0 Å². The molecule has 0 saturated carbocycles. The predicted octanol–water partition coefficient (Wildman–Crippen LogP) is 5.45. The smallest absolute Gasteiger partial charge is 0.255 e. The maximum atomic E-state index is 12.3. The lowest BCUT2D eigenvalue weighted by atomic mass is 10.2. The maximum Gasteiger partial charge on any atom is 0.255 e. The Morgan fingerprint density at radius 3 is 1.85 bits per heavy atom. The van der Waals surface area contributed by atoms with Crippen molar-refractivity contribution >= 4 is 57.4 Å². The first kappa shape index (κ1) is 18.4. The molecule has 0 atom stereocenters. The van der Waals surface area contributed by atoms with Crippen LogP contribution in [0, 0.1) is 3.57 Å². The predicted molar refractivity (Wildman–Crippen MR) is 113 cm³/mol. The molecule has 2 N–H and O–H groups in total. The summed E-state index contributed by atoms with van der Waals surface area (Å²) >= 11 is 8.07. The van der Waals surface area contributed by atoms with Crippen LogP contribution in [0.4, 0.5) is 11.4 Å². The minimum absolute atomic E-state index is 0.207. The average Bonchev–Trinajstić information content (AvgIpc) is 2.62. The molecule has 0 spiro atoms. The number of carbonyl (C=O) groups excluding carboxylic acids is 2. The topological polar surface area (TPSA) is 58.2 Å². The van der Waals surface area contributed by atoms with Gasteiger partial charge in [0.05, 0.1) is 0 Å². The lowest BCUT2D eigenvalue weighted by Crippen LogP contribution is -2.14. The third-order valence-electron chi connectivity index (χ3n) is 3.55. The van der Waals surface area contributed by atoms with Crippen LogP contribution in [0.5, 0.6) is 0 Å². The molecule has 26 heavy (non-hydrogen) atoms. The van der Waals surface area contributed by atoms with E-state index in [1.54, 1.807) is 60.7 Å². The van der Waals surface area contributed by atoms with Crippen molar-refractivity contribution in [2.24, 2.45) is 0 Å². The Balaban J connectivity index is 1.72. The number of carbonyl (C=O) groups is 2. The Kier molecular flexibility index (Phi) is 5.90. The zero-order valence-corrected chi connectivity index (χ0v) is 16.4. The van der Waals surface area contributed by atoms with Gasteiger partial charge in [0, 0.05) is 31.1 Å². The monoisotopic (exact) mass is 476 g/mol. The molecule has 3 aromatic rings. The minimum atomic E-state index is -0.270. The van der Waals surface area contributed by atoms with Crippen molar-refractivity contribution < 1.29 is 9.59 Å². The van der Waals surface area contributed by atoms with Crippen molar-refractivity contribution in [3.05, 3.63) is 92.5 Å². The summed E-state index contributed by atoms with van der Waals surface area (Å²) in [4.78, 5) is 24.6. The van der Waals surface area contributed by atoms with Crippen molar-refractivity contribution in [1.29, 1.82) is 0 Å². The van der Waals surface area contributed by atoms with E-state index >= 15 is 0 Å². The van der Waals surface area contributed by atoms with Gasteiger partial charge in [0.2, 0.25) is 0 Å². The van der Waals surface area contributed by atoms with Gasteiger partial charge >= 0.3 is 0 Å². The highest BCUT2D eigenvalue weighted by molar-refractivity contribution is 14.1. The lowest BCUT2D eigenvalue weighted by Gasteiger charge is -2.09. The number of hydrogen-bond donors (Lipinski definition) is 2. The summed E-state index contributed by atoms with van der Waals surface area (Å²) in [5.74, 6) is -0.476. The van der Waals surface area contributed by atoms with Crippen molar-refractivity contribution in [3.63, 3.8) is 0 Å². The van der Waals surface area contributed by atoms with Gasteiger partial charge in [0.25, 0.3) is 11.8 Å². The highest BCUT2D eigenvalue weighted by Gasteiger charge is 2.09. The third kappa shape index (κ3) is 4.83. The number of nitrogens with one attached hydrogen (secondary N) is 2. The SMILES string of the molecule is O=C(Nc1cccc(NC(=O)c2cccc(I)c2)c1)c1cccc(Cl)c1. The van der Waals surface area contributed by atoms with Gasteiger partial charge in [-0.2, -0.15) is 0 Å². The van der Waals surface area contributed by atoms with Gasteiger partial charge in [-0.05, 0) is 77.2 Å². The zero-order chi connectivity index (χ0) is 18.5. The molecule has 3 aromatic carbocycles. The molecular formula is C20H14ClIN2O2. The van der Waals surface area contributed by atoms with Crippen molar-refractivity contribution in [3.8, 4) is 0 Å². The van der Waals surface area contributed by atoms with Crippen LogP contribution in [0.15, 0.2) is 72.8 Å². The molecule has 0 aliphatic rings. The molecule has 0 aromatic heterocycles. The van der Waals surface area contributed by atoms with Crippen LogP contribution in [0.1, 0.15) is 20.7 Å². The van der Waals surface area contributed by atoms with Gasteiger partial charge < -0.3 is 10.6 Å². The first-order chi connectivity index (χ1) is 12.5. The van der Waals surface area contributed by atoms with Crippen LogP contribution in [-0.4, -0.2) is 11.8 Å². The van der Waals surface area contributed by atoms with Gasteiger partial charge in [-0.25, -0.2) is 0 Å². The lowest BCUT2D eigenvalue weighted by molar-refractivity contribution is 0.101. The Hall–Kier alpha value is -2.38. The highest BCUT2D eigenvalue weighted by atomic mass is 127. The number of halogens is 2. The summed E-state index contributed by atoms with van der Waals surface area (Å²) < 4.78 is 0.984. The summed E-state index contributed by atoms with van der Waals surface area (Å²) in [6, 6.07) is 21.0. The van der Waals surface area contributed by atoms with Crippen LogP contribution in [0.3, 0.4) is 0 Å². The molecule has 0 fully saturated rings. The molecule has 0 aliphatic heterocycles. The van der Waals surface area contributed by atoms with E-state index in [9.17, 15) is 9.59 Å². The van der Waals surface area contributed by atoms with Crippen LogP contribution < -0.4 is 10.6 Å². The van der Waals surface area contributed by atoms with Crippen molar-refractivity contribution in [2.45, 2.75) is 0 Å². The van der Waals surface area contributed by atoms with Crippen LogP contribution in [-0.2, 0) is 0 Å². The normalized spacial score (nSPS) is 10.2. The summed E-state index contributed by atoms with van der Waals surface area (Å²) in [5.41, 5.74) is 2.21. The van der Waals surface area contributed by atoms with E-state index in [-0.39, 0.29) is 11.8 Å². The van der Waals surface area contributed by atoms with E-state index < -0.39 is 0 Å². The van der Waals surface area contributed by atoms with Crippen LogP contribution >= 0.6 is 34.2 Å². The van der Waals surface area contributed by atoms with Crippen molar-refractivity contribution in [2.75, 3.05) is 10.6 Å². The summed E-state index contributed by atoms with van der Waals surface area (Å²) in [6.45, 7) is 0. The fourth-order valence-corrected chi connectivity index (χ4v) is 3.07. The van der Waals surface area contributed by atoms with Crippen LogP contribution in [0.2, 0.25) is 5.02 Å². The van der Waals surface area contributed by atoms with Gasteiger partial charge in [0.15, 0.2) is 0 Å². The fourth-order valence-electron chi connectivity index (χ4n) is 2.34. The van der Waals surface area contributed by atoms with E-state index in [2.05, 4.69) is 33.2 Å². The second-order valence-corrected chi connectivity index (χ2v) is 7.19. The molecule has 130 valence electrons. The second-order valence-electron chi connectivity index (χ2n) is 5.51. The Morgan fingerprint density at radius 2 is 1.27 bits per heavy atom. The highest BCUT2D eigenvalue weighted by Crippen LogP contribution is 2.18. The Bertz CT molecular complexity index is 901. The van der Waals surface area contributed by atoms with Gasteiger partial charge in [-0.15, -0.1) is 0 Å². The number of anilines is 2. The molecule has 0 heterocycles. The molecule has 3 rings (SSSR count). The Labute approximate surface area is 169 Å². The molecule has 2 amide bonds. The fraction of sp³-hybridized carbons (Fsp3) is 0. The van der Waals surface area contributed by atoms with Gasteiger partial charge in [-0.1, -0.05) is 29.8 Å². The average molecular weight is 477 g/mol. The molecule has 0 bridgehead atoms. The summed E-state index contributed by atoms with van der Waals surface area (Å²) in [7, 11) is 0. The number of benzene rings is 3. The van der Waals surface area contributed by atoms with E-state index in [1.165, 1.54) is 0 Å². The molecule has 6 heteroatoms. The first-order valence-corrected chi connectivity index (χ1v) is 9.21. The van der Waals surface area contributed by atoms with E-state index in [1.807, 2.05) is 12.1 Å². The number of amides is 2. The van der Waals surface area contributed by atoms with Crippen molar-refractivity contribution in [1.82, 2.24) is 0 Å². The molecule has 0 aliphatic carbocycles. The number of hydrogen-bond acceptors (Lipinski definition) is 2. The molecule has 0 unspecified atom stereocenters. The summed E-state index contributed by atoms with van der Waals surface area (Å²) in [5, 5.41) is 6.13. The quantitative estimate of drug-likeness (QED) is 0.492.